The van der Waals surface area contributed by atoms with Gasteiger partial charge in [0.1, 0.15) is 23.0 Å². The Kier molecular flexibility index (Phi) is 11.8. The van der Waals surface area contributed by atoms with Gasteiger partial charge in [-0.3, -0.25) is 0 Å². The molecule has 9 aliphatic rings. The van der Waals surface area contributed by atoms with Crippen LogP contribution in [-0.4, -0.2) is 20.4 Å². The summed E-state index contributed by atoms with van der Waals surface area (Å²) >= 11 is 0. The number of phenolic OH excluding ortho intramolecular Hbond substituents is 4. The second kappa shape index (κ2) is 18.7. The van der Waals surface area contributed by atoms with Gasteiger partial charge in [-0.15, -0.1) is 0 Å². The van der Waals surface area contributed by atoms with Crippen molar-refractivity contribution in [3.8, 4) is 23.0 Å². The molecule has 8 atom stereocenters. The van der Waals surface area contributed by atoms with Crippen molar-refractivity contribution < 1.29 is 20.4 Å². The van der Waals surface area contributed by atoms with E-state index in [4.69, 9.17) is 0 Å². The van der Waals surface area contributed by atoms with Gasteiger partial charge in [0, 0.05) is 5.41 Å². The fourth-order valence-corrected chi connectivity index (χ4v) is 19.6. The van der Waals surface area contributed by atoms with Crippen LogP contribution in [0.15, 0.2) is 200 Å². The zero-order valence-corrected chi connectivity index (χ0v) is 43.7. The van der Waals surface area contributed by atoms with Gasteiger partial charge in [-0.25, -0.2) is 0 Å². The van der Waals surface area contributed by atoms with Crippen molar-refractivity contribution in [2.45, 2.75) is 93.3 Å². The Labute approximate surface area is 449 Å². The van der Waals surface area contributed by atoms with E-state index in [2.05, 4.69) is 121 Å². The molecule has 9 fully saturated rings. The van der Waals surface area contributed by atoms with Crippen molar-refractivity contribution in [1.29, 1.82) is 0 Å². The highest BCUT2D eigenvalue weighted by molar-refractivity contribution is 5.84. The number of benzene rings is 8. The Hall–Kier alpha value is -6.78. The number of rotatable bonds is 7. The van der Waals surface area contributed by atoms with Crippen LogP contribution in [0.4, 0.5) is 0 Å². The largest absolute Gasteiger partial charge is 0.508 e. The summed E-state index contributed by atoms with van der Waals surface area (Å²) in [6, 6.07) is 68.4. The van der Waals surface area contributed by atoms with Crippen molar-refractivity contribution in [3.63, 3.8) is 0 Å². The van der Waals surface area contributed by atoms with Gasteiger partial charge in [0.05, 0.1) is 5.41 Å². The second-order valence-electron chi connectivity index (χ2n) is 25.2. The summed E-state index contributed by atoms with van der Waals surface area (Å²) in [7, 11) is 0. The Morgan fingerprint density at radius 2 is 0.684 bits per heavy atom. The van der Waals surface area contributed by atoms with Crippen LogP contribution in [0, 0.1) is 65.1 Å². The van der Waals surface area contributed by atoms with Crippen LogP contribution >= 0.6 is 0 Å². The summed E-state index contributed by atoms with van der Waals surface area (Å²) in [5, 5.41) is 42.0. The average molecular weight is 1000 g/mol. The molecule has 0 radical (unpaired) electrons. The van der Waals surface area contributed by atoms with Crippen molar-refractivity contribution >= 4 is 10.8 Å². The monoisotopic (exact) mass is 1000 g/mol. The van der Waals surface area contributed by atoms with Crippen LogP contribution in [0.2, 0.25) is 0 Å². The van der Waals surface area contributed by atoms with E-state index < -0.39 is 5.41 Å². The van der Waals surface area contributed by atoms with Crippen molar-refractivity contribution in [2.24, 2.45) is 65.1 Å². The standard InChI is InChI=1S/C27H30O2.C25H20O.C20H22O/c28-21-9-5-19(6-10-21)27(20-7-11-22(29)12-8-20)25-17-3-1-15(13-17)23(25)24-16-2-4-18(14-16)26(24)27;26-24-18-16-23(17-19-24)25(20-10-4-1-5-11-20,21-12-6-2-7-13-21)22-14-8-3-9-15-22;21-19-4-2-16-8-18(3-1-17(16)9-19)20-10-13-5-14(11-20)7-15(6-13)12-20/h5-12,15-18,23-26,28-29H,1-4,13-14H2;1-19,26H;1-4,8-9,13-15,21H,5-7,10-12H2. The first kappa shape index (κ1) is 47.7. The molecule has 0 saturated heterocycles. The SMILES string of the molecule is Oc1ccc(C(c2ccccc2)(c2ccccc2)c2ccccc2)cc1.Oc1ccc(C2(c3ccc(O)cc3)C3C4CCC(C4)C3C3C4CCC(C4)C32)cc1.Oc1ccc2cc(C34CC5CC(CC(C5)C3)C4)ccc2c1. The fraction of sp³-hybridized carbons (Fsp3) is 0.361. The van der Waals surface area contributed by atoms with Crippen LogP contribution in [-0.2, 0) is 16.2 Å². The number of phenols is 4. The predicted molar refractivity (Wildman–Crippen MR) is 304 cm³/mol. The lowest BCUT2D eigenvalue weighted by molar-refractivity contribution is -0.00513. The molecule has 8 unspecified atom stereocenters. The van der Waals surface area contributed by atoms with Crippen LogP contribution in [0.25, 0.3) is 10.8 Å². The van der Waals surface area contributed by atoms with Crippen LogP contribution < -0.4 is 0 Å². The summed E-state index contributed by atoms with van der Waals surface area (Å²) in [6.45, 7) is 0. The van der Waals surface area contributed by atoms with E-state index in [0.29, 0.717) is 22.7 Å². The predicted octanol–water partition coefficient (Wildman–Crippen LogP) is 16.5. The molecule has 384 valence electrons. The first-order valence-electron chi connectivity index (χ1n) is 29.0. The third-order valence-corrected chi connectivity index (χ3v) is 21.5. The molecule has 4 N–H and O–H groups in total. The van der Waals surface area contributed by atoms with E-state index in [0.717, 1.165) is 76.0 Å². The topological polar surface area (TPSA) is 80.9 Å². The first-order valence-corrected chi connectivity index (χ1v) is 29.0. The highest BCUT2D eigenvalue weighted by Gasteiger charge is 2.73. The lowest BCUT2D eigenvalue weighted by atomic mass is 9.48. The van der Waals surface area contributed by atoms with Gasteiger partial charge in [-0.05, 0) is 246 Å². The van der Waals surface area contributed by atoms with Crippen LogP contribution in [0.5, 0.6) is 23.0 Å². The number of hydrogen-bond donors (Lipinski definition) is 4. The Bertz CT molecular complexity index is 3120. The molecular weight excluding hydrogens is 929 g/mol. The van der Waals surface area contributed by atoms with Crippen molar-refractivity contribution in [2.75, 3.05) is 0 Å². The van der Waals surface area contributed by atoms with Crippen molar-refractivity contribution in [3.05, 3.63) is 239 Å². The van der Waals surface area contributed by atoms with E-state index in [1.54, 1.807) is 17.7 Å². The molecule has 0 heterocycles. The van der Waals surface area contributed by atoms with Gasteiger partial charge in [0.15, 0.2) is 0 Å². The Morgan fingerprint density at radius 3 is 1.13 bits per heavy atom. The zero-order chi connectivity index (χ0) is 51.2. The Morgan fingerprint density at radius 1 is 0.329 bits per heavy atom. The minimum Gasteiger partial charge on any atom is -0.508 e. The highest BCUT2D eigenvalue weighted by Crippen LogP contribution is 2.78. The van der Waals surface area contributed by atoms with E-state index in [9.17, 15) is 20.4 Å². The number of aromatic hydroxyl groups is 4. The van der Waals surface area contributed by atoms with Crippen LogP contribution in [0.3, 0.4) is 0 Å². The molecule has 4 nitrogen and oxygen atoms in total. The lowest BCUT2D eigenvalue weighted by Gasteiger charge is -2.57. The molecule has 8 aromatic rings. The van der Waals surface area contributed by atoms with Gasteiger partial charge in [-0.2, -0.15) is 0 Å². The van der Waals surface area contributed by atoms with E-state index in [1.165, 1.54) is 110 Å². The molecule has 8 bridgehead atoms. The minimum absolute atomic E-state index is 0.0520. The molecule has 9 aliphatic carbocycles. The lowest BCUT2D eigenvalue weighted by Crippen LogP contribution is -2.48. The first-order chi connectivity index (χ1) is 37.2. The molecule has 17 rings (SSSR count). The molecule has 8 aromatic carbocycles. The number of hydrogen-bond acceptors (Lipinski definition) is 4. The maximum Gasteiger partial charge on any atom is 0.116 e. The zero-order valence-electron chi connectivity index (χ0n) is 43.7. The minimum atomic E-state index is -0.447. The van der Waals surface area contributed by atoms with E-state index in [1.807, 2.05) is 66.7 Å². The van der Waals surface area contributed by atoms with E-state index in [-0.39, 0.29) is 11.2 Å². The molecule has 0 spiro atoms. The molecule has 9 saturated carbocycles. The molecular formula is C72H72O4. The quantitative estimate of drug-likeness (QED) is 0.120. The molecule has 76 heavy (non-hydrogen) atoms. The fourth-order valence-electron chi connectivity index (χ4n) is 19.6. The van der Waals surface area contributed by atoms with Gasteiger partial charge in [-0.1, -0.05) is 152 Å². The maximum absolute atomic E-state index is 10.0. The maximum atomic E-state index is 10.0. The summed E-state index contributed by atoms with van der Waals surface area (Å²) in [6.07, 6.45) is 17.3. The second-order valence-corrected chi connectivity index (χ2v) is 25.2. The molecule has 0 aliphatic heterocycles. The molecule has 0 amide bonds. The summed E-state index contributed by atoms with van der Waals surface area (Å²) in [4.78, 5) is 0. The third kappa shape index (κ3) is 7.66. The third-order valence-electron chi connectivity index (χ3n) is 21.5. The van der Waals surface area contributed by atoms with Gasteiger partial charge in [0.25, 0.3) is 0 Å². The molecule has 0 aromatic heterocycles. The molecule has 4 heteroatoms. The normalized spacial score (nSPS) is 30.5. The smallest absolute Gasteiger partial charge is 0.116 e. The Balaban J connectivity index is 0.000000106. The van der Waals surface area contributed by atoms with Gasteiger partial charge < -0.3 is 20.4 Å². The summed E-state index contributed by atoms with van der Waals surface area (Å²) in [5.74, 6) is 11.1. The average Bonchev–Trinajstić information content (AvgIpc) is 4.44. The van der Waals surface area contributed by atoms with Crippen molar-refractivity contribution in [1.82, 2.24) is 0 Å². The summed E-state index contributed by atoms with van der Waals surface area (Å²) < 4.78 is 0. The van der Waals surface area contributed by atoms with E-state index >= 15 is 0 Å². The highest BCUT2D eigenvalue weighted by atomic mass is 16.3. The summed E-state index contributed by atoms with van der Waals surface area (Å²) in [5.41, 5.74) is 9.20. The van der Waals surface area contributed by atoms with Crippen LogP contribution in [0.1, 0.15) is 116 Å². The van der Waals surface area contributed by atoms with Gasteiger partial charge >= 0.3 is 0 Å². The van der Waals surface area contributed by atoms with Gasteiger partial charge in [0.2, 0.25) is 0 Å². The number of fused-ring (bicyclic) bond motifs is 12.